The van der Waals surface area contributed by atoms with Gasteiger partial charge in [0.2, 0.25) is 5.82 Å². The summed E-state index contributed by atoms with van der Waals surface area (Å²) in [5, 5.41) is 3.56. The number of hydrogen-bond donors (Lipinski definition) is 1. The summed E-state index contributed by atoms with van der Waals surface area (Å²) >= 11 is 1.10. The summed E-state index contributed by atoms with van der Waals surface area (Å²) in [6.45, 7) is 10.9. The molecule has 0 amide bonds. The fourth-order valence-electron chi connectivity index (χ4n) is 4.94. The lowest BCUT2D eigenvalue weighted by molar-refractivity contribution is -0.143. The zero-order valence-corrected chi connectivity index (χ0v) is 26.1. The summed E-state index contributed by atoms with van der Waals surface area (Å²) in [6, 6.07) is 2.29. The van der Waals surface area contributed by atoms with E-state index in [4.69, 9.17) is 4.74 Å². The van der Waals surface area contributed by atoms with Gasteiger partial charge in [-0.25, -0.2) is 19.3 Å². The maximum atomic E-state index is 15.8. The van der Waals surface area contributed by atoms with Crippen LogP contribution in [0, 0.1) is 24.5 Å². The number of esters is 1. The molecule has 1 fully saturated rings. The quantitative estimate of drug-likeness (QED) is 0.197. The van der Waals surface area contributed by atoms with Gasteiger partial charge in [-0.15, -0.1) is 0 Å². The van der Waals surface area contributed by atoms with Crippen molar-refractivity contribution in [2.24, 2.45) is 5.92 Å². The van der Waals surface area contributed by atoms with Gasteiger partial charge in [0.15, 0.2) is 16.8 Å². The first-order valence-electron chi connectivity index (χ1n) is 14.3. The fourth-order valence-corrected chi connectivity index (χ4v) is 5.89. The molecule has 15 heteroatoms. The lowest BCUT2D eigenvalue weighted by Gasteiger charge is -2.35. The summed E-state index contributed by atoms with van der Waals surface area (Å²) in [6.07, 6.45) is -4.47. The molecule has 1 aliphatic rings. The molecule has 0 aliphatic carbocycles. The van der Waals surface area contributed by atoms with E-state index in [-0.39, 0.29) is 46.3 Å². The minimum Gasteiger partial charge on any atom is -0.466 e. The Morgan fingerprint density at radius 2 is 1.82 bits per heavy atom. The lowest BCUT2D eigenvalue weighted by atomic mass is 10.1. The molecule has 0 unspecified atom stereocenters. The number of nitrogens with zero attached hydrogens (tertiary/aromatic N) is 6. The highest BCUT2D eigenvalue weighted by molar-refractivity contribution is 7.20. The monoisotopic (exact) mass is 641 g/mol. The van der Waals surface area contributed by atoms with Gasteiger partial charge in [0.05, 0.1) is 18.6 Å². The van der Waals surface area contributed by atoms with E-state index in [1.54, 1.807) is 25.8 Å². The van der Waals surface area contributed by atoms with Gasteiger partial charge < -0.3 is 19.9 Å². The second kappa shape index (κ2) is 14.0. The number of alkyl halides is 3. The van der Waals surface area contributed by atoms with E-state index in [0.29, 0.717) is 62.8 Å². The first-order chi connectivity index (χ1) is 20.7. The molecule has 0 saturated carbocycles. The Kier molecular flexibility index (Phi) is 10.6. The standard InChI is InChI=1S/C29H36F5N7O2S/c1-6-43-22(42)7-8-40-9-11-41(12-10-40)26-23(31)25(35-18(4)36-26)38-28-37-24(27(44-28)39(5)16-17(2)3)19-13-20(29(32,33)34)15-21(30)14-19/h13-15,17H,6-12,16H2,1-5H3,(H,35,36,37,38). The highest BCUT2D eigenvalue weighted by Gasteiger charge is 2.32. The summed E-state index contributed by atoms with van der Waals surface area (Å²) in [5.74, 6) is -1.51. The Hall–Kier alpha value is -3.59. The lowest BCUT2D eigenvalue weighted by Crippen LogP contribution is -2.47. The van der Waals surface area contributed by atoms with Gasteiger partial charge in [-0.05, 0) is 38.0 Å². The molecule has 1 saturated heterocycles. The minimum absolute atomic E-state index is 0.0481. The van der Waals surface area contributed by atoms with Gasteiger partial charge in [-0.2, -0.15) is 17.6 Å². The average molecular weight is 642 g/mol. The number of ether oxygens (including phenoxy) is 1. The van der Waals surface area contributed by atoms with E-state index in [1.165, 1.54) is 0 Å². The molecule has 4 rings (SSSR count). The van der Waals surface area contributed by atoms with E-state index >= 15 is 4.39 Å². The van der Waals surface area contributed by atoms with E-state index in [2.05, 4.69) is 25.2 Å². The third-order valence-electron chi connectivity index (χ3n) is 6.87. The maximum absolute atomic E-state index is 15.8. The second-order valence-corrected chi connectivity index (χ2v) is 11.9. The largest absolute Gasteiger partial charge is 0.466 e. The number of carbonyl (C=O) groups excluding carboxylic acids is 1. The van der Waals surface area contributed by atoms with Crippen molar-refractivity contribution in [3.8, 4) is 11.3 Å². The van der Waals surface area contributed by atoms with Crippen LogP contribution in [0.5, 0.6) is 0 Å². The molecule has 240 valence electrons. The molecule has 3 aromatic rings. The molecule has 44 heavy (non-hydrogen) atoms. The predicted molar refractivity (Wildman–Crippen MR) is 161 cm³/mol. The number of thiazole rings is 1. The van der Waals surface area contributed by atoms with Crippen molar-refractivity contribution in [3.63, 3.8) is 0 Å². The Labute approximate surface area is 257 Å². The molecule has 0 bridgehead atoms. The molecule has 3 heterocycles. The van der Waals surface area contributed by atoms with E-state index < -0.39 is 23.4 Å². The molecule has 0 atom stereocenters. The van der Waals surface area contributed by atoms with Gasteiger partial charge in [0.25, 0.3) is 0 Å². The van der Waals surface area contributed by atoms with Crippen molar-refractivity contribution in [1.82, 2.24) is 19.9 Å². The summed E-state index contributed by atoms with van der Waals surface area (Å²) < 4.78 is 75.7. The van der Waals surface area contributed by atoms with E-state index in [9.17, 15) is 22.4 Å². The van der Waals surface area contributed by atoms with Crippen LogP contribution in [0.25, 0.3) is 11.3 Å². The topological polar surface area (TPSA) is 86.7 Å². The second-order valence-electron chi connectivity index (χ2n) is 10.9. The van der Waals surface area contributed by atoms with Crippen LogP contribution < -0.4 is 15.1 Å². The Balaban J connectivity index is 1.60. The zero-order valence-electron chi connectivity index (χ0n) is 25.3. The number of nitrogens with one attached hydrogen (secondary N) is 1. The van der Waals surface area contributed by atoms with Crippen molar-refractivity contribution in [2.45, 2.75) is 40.3 Å². The van der Waals surface area contributed by atoms with Gasteiger partial charge in [0.1, 0.15) is 22.3 Å². The summed E-state index contributed by atoms with van der Waals surface area (Å²) in [7, 11) is 1.77. The first-order valence-corrected chi connectivity index (χ1v) is 15.1. The third kappa shape index (κ3) is 8.31. The molecular formula is C29H36F5N7O2S. The molecule has 2 aromatic heterocycles. The molecular weight excluding hydrogens is 605 g/mol. The third-order valence-corrected chi connectivity index (χ3v) is 7.96. The number of rotatable bonds is 11. The predicted octanol–water partition coefficient (Wildman–Crippen LogP) is 6.12. The van der Waals surface area contributed by atoms with E-state index in [0.717, 1.165) is 23.5 Å². The highest BCUT2D eigenvalue weighted by Crippen LogP contribution is 2.42. The molecule has 0 radical (unpaired) electrons. The fraction of sp³-hybridized carbons (Fsp3) is 0.517. The van der Waals surface area contributed by atoms with Crippen molar-refractivity contribution < 1.29 is 31.5 Å². The Morgan fingerprint density at radius 1 is 1.11 bits per heavy atom. The van der Waals surface area contributed by atoms with Gasteiger partial charge in [-0.1, -0.05) is 25.2 Å². The number of aryl methyl sites for hydroxylation is 1. The zero-order chi connectivity index (χ0) is 32.2. The SMILES string of the molecule is CCOC(=O)CCN1CCN(c2nc(C)nc(Nc3nc(-c4cc(F)cc(C(F)(F)F)c4)c(N(C)CC(C)C)s3)c2F)CC1. The molecule has 9 nitrogen and oxygen atoms in total. The van der Waals surface area contributed by atoms with Crippen LogP contribution >= 0.6 is 11.3 Å². The number of hydrogen-bond acceptors (Lipinski definition) is 10. The van der Waals surface area contributed by atoms with Crippen LogP contribution in [-0.2, 0) is 15.7 Å². The van der Waals surface area contributed by atoms with Crippen LogP contribution in [0.4, 0.5) is 43.7 Å². The maximum Gasteiger partial charge on any atom is 0.416 e. The summed E-state index contributed by atoms with van der Waals surface area (Å²) in [4.78, 5) is 30.5. The van der Waals surface area contributed by atoms with Gasteiger partial charge in [0, 0.05) is 51.9 Å². The number of anilines is 4. The van der Waals surface area contributed by atoms with Crippen LogP contribution in [0.15, 0.2) is 18.2 Å². The average Bonchev–Trinajstić information content (AvgIpc) is 3.37. The van der Waals surface area contributed by atoms with Gasteiger partial charge in [-0.3, -0.25) is 9.69 Å². The smallest absolute Gasteiger partial charge is 0.416 e. The van der Waals surface area contributed by atoms with Crippen LogP contribution in [0.3, 0.4) is 0 Å². The van der Waals surface area contributed by atoms with Gasteiger partial charge >= 0.3 is 12.1 Å². The molecule has 1 N–H and O–H groups in total. The van der Waals surface area contributed by atoms with Crippen molar-refractivity contribution >= 4 is 39.1 Å². The number of piperazine rings is 1. The van der Waals surface area contributed by atoms with Crippen LogP contribution in [0.1, 0.15) is 38.6 Å². The van der Waals surface area contributed by atoms with Crippen molar-refractivity contribution in [2.75, 3.05) is 68.0 Å². The van der Waals surface area contributed by atoms with Crippen LogP contribution in [0.2, 0.25) is 0 Å². The summed E-state index contributed by atoms with van der Waals surface area (Å²) in [5.41, 5.74) is -1.04. The van der Waals surface area contributed by atoms with Crippen molar-refractivity contribution in [3.05, 3.63) is 41.2 Å². The highest BCUT2D eigenvalue weighted by atomic mass is 32.1. The molecule has 1 aliphatic heterocycles. The number of benzene rings is 1. The first kappa shape index (κ1) is 33.3. The number of aromatic nitrogens is 3. The minimum atomic E-state index is -4.75. The molecule has 1 aromatic carbocycles. The number of carbonyl (C=O) groups is 1. The Bertz CT molecular complexity index is 1460. The number of halogens is 5. The van der Waals surface area contributed by atoms with Crippen molar-refractivity contribution in [1.29, 1.82) is 0 Å². The normalized spacial score (nSPS) is 14.3. The van der Waals surface area contributed by atoms with E-state index in [1.807, 2.05) is 18.7 Å². The molecule has 0 spiro atoms. The Morgan fingerprint density at radius 3 is 2.45 bits per heavy atom. The van der Waals surface area contributed by atoms with Crippen LogP contribution in [-0.4, -0.2) is 78.7 Å².